The quantitative estimate of drug-likeness (QED) is 0.422. The first-order valence-electron chi connectivity index (χ1n) is 9.89. The van der Waals surface area contributed by atoms with Gasteiger partial charge >= 0.3 is 0 Å². The SMILES string of the molecule is N[C@@H](CNc1cc(-c2ccncc2)c(-c2ccc(Cl)cc2)cn1)Cc1ccccc1. The highest BCUT2D eigenvalue weighted by Crippen LogP contribution is 2.33. The van der Waals surface area contributed by atoms with Gasteiger partial charge in [-0.1, -0.05) is 54.1 Å². The van der Waals surface area contributed by atoms with E-state index >= 15 is 0 Å². The topological polar surface area (TPSA) is 63.8 Å². The normalized spacial score (nSPS) is 11.8. The van der Waals surface area contributed by atoms with Gasteiger partial charge in [-0.2, -0.15) is 0 Å². The number of aromatic nitrogens is 2. The molecule has 0 aliphatic rings. The highest BCUT2D eigenvalue weighted by atomic mass is 35.5. The lowest BCUT2D eigenvalue weighted by Gasteiger charge is -2.16. The smallest absolute Gasteiger partial charge is 0.126 e. The molecule has 0 unspecified atom stereocenters. The molecule has 4 nitrogen and oxygen atoms in total. The zero-order chi connectivity index (χ0) is 20.8. The third-order valence-corrected chi connectivity index (χ3v) is 5.19. The van der Waals surface area contributed by atoms with Gasteiger partial charge in [-0.05, 0) is 59.0 Å². The van der Waals surface area contributed by atoms with E-state index in [2.05, 4.69) is 33.5 Å². The first-order valence-corrected chi connectivity index (χ1v) is 10.3. The van der Waals surface area contributed by atoms with E-state index in [1.54, 1.807) is 12.4 Å². The Morgan fingerprint density at radius 3 is 2.30 bits per heavy atom. The molecule has 150 valence electrons. The van der Waals surface area contributed by atoms with Gasteiger partial charge in [0.15, 0.2) is 0 Å². The average Bonchev–Trinajstić information content (AvgIpc) is 2.79. The van der Waals surface area contributed by atoms with E-state index in [1.165, 1.54) is 5.56 Å². The van der Waals surface area contributed by atoms with Gasteiger partial charge in [-0.25, -0.2) is 4.98 Å². The lowest BCUT2D eigenvalue weighted by molar-refractivity contribution is 0.698. The third-order valence-electron chi connectivity index (χ3n) is 4.94. The van der Waals surface area contributed by atoms with Crippen LogP contribution in [0, 0.1) is 0 Å². The predicted octanol–water partition coefficient (Wildman–Crippen LogP) is 5.45. The first kappa shape index (κ1) is 20.1. The zero-order valence-electron chi connectivity index (χ0n) is 16.5. The summed E-state index contributed by atoms with van der Waals surface area (Å²) < 4.78 is 0. The van der Waals surface area contributed by atoms with Gasteiger partial charge < -0.3 is 11.1 Å². The Bertz CT molecular complexity index is 1080. The molecule has 4 rings (SSSR count). The van der Waals surface area contributed by atoms with Crippen molar-refractivity contribution in [3.8, 4) is 22.3 Å². The minimum absolute atomic E-state index is 0.00508. The van der Waals surface area contributed by atoms with Crippen LogP contribution in [0.5, 0.6) is 0 Å². The molecular weight excluding hydrogens is 392 g/mol. The summed E-state index contributed by atoms with van der Waals surface area (Å²) in [5.41, 5.74) is 11.8. The number of nitrogens with zero attached hydrogens (tertiary/aromatic N) is 2. The fraction of sp³-hybridized carbons (Fsp3) is 0.120. The summed E-state index contributed by atoms with van der Waals surface area (Å²) in [6, 6.07) is 24.1. The van der Waals surface area contributed by atoms with Crippen LogP contribution < -0.4 is 11.1 Å². The lowest BCUT2D eigenvalue weighted by atomic mass is 9.97. The Hall–Kier alpha value is -3.21. The van der Waals surface area contributed by atoms with Crippen LogP contribution in [0.2, 0.25) is 5.02 Å². The molecule has 0 bridgehead atoms. The number of pyridine rings is 2. The monoisotopic (exact) mass is 414 g/mol. The molecule has 0 fully saturated rings. The number of anilines is 1. The lowest BCUT2D eigenvalue weighted by Crippen LogP contribution is -2.31. The molecule has 0 spiro atoms. The van der Waals surface area contributed by atoms with E-state index in [-0.39, 0.29) is 6.04 Å². The maximum atomic E-state index is 6.33. The van der Waals surface area contributed by atoms with Crippen molar-refractivity contribution in [1.29, 1.82) is 0 Å². The van der Waals surface area contributed by atoms with Gasteiger partial charge in [-0.3, -0.25) is 4.98 Å². The highest BCUT2D eigenvalue weighted by molar-refractivity contribution is 6.30. The number of hydrogen-bond acceptors (Lipinski definition) is 4. The summed E-state index contributed by atoms with van der Waals surface area (Å²) in [4.78, 5) is 8.77. The summed E-state index contributed by atoms with van der Waals surface area (Å²) in [7, 11) is 0. The molecule has 2 aromatic carbocycles. The molecule has 0 saturated heterocycles. The van der Waals surface area contributed by atoms with Crippen molar-refractivity contribution in [3.63, 3.8) is 0 Å². The van der Waals surface area contributed by atoms with E-state index < -0.39 is 0 Å². The molecular formula is C25H23ClN4. The second-order valence-electron chi connectivity index (χ2n) is 7.19. The van der Waals surface area contributed by atoms with E-state index in [0.717, 1.165) is 34.5 Å². The van der Waals surface area contributed by atoms with Gasteiger partial charge in [0, 0.05) is 41.8 Å². The maximum absolute atomic E-state index is 6.33. The molecule has 30 heavy (non-hydrogen) atoms. The second-order valence-corrected chi connectivity index (χ2v) is 7.63. The summed E-state index contributed by atoms with van der Waals surface area (Å²) >= 11 is 6.06. The van der Waals surface area contributed by atoms with E-state index in [1.807, 2.05) is 60.8 Å². The van der Waals surface area contributed by atoms with Crippen LogP contribution in [0.1, 0.15) is 5.56 Å². The van der Waals surface area contributed by atoms with E-state index in [0.29, 0.717) is 11.6 Å². The number of rotatable bonds is 7. The highest BCUT2D eigenvalue weighted by Gasteiger charge is 2.11. The van der Waals surface area contributed by atoms with Crippen LogP contribution in [0.4, 0.5) is 5.82 Å². The number of hydrogen-bond donors (Lipinski definition) is 2. The van der Waals surface area contributed by atoms with Crippen molar-refractivity contribution in [1.82, 2.24) is 9.97 Å². The minimum Gasteiger partial charge on any atom is -0.368 e. The fourth-order valence-electron chi connectivity index (χ4n) is 3.41. The van der Waals surface area contributed by atoms with Crippen LogP contribution in [0.25, 0.3) is 22.3 Å². The van der Waals surface area contributed by atoms with Gasteiger partial charge in [0.25, 0.3) is 0 Å². The van der Waals surface area contributed by atoms with Gasteiger partial charge in [0.05, 0.1) is 0 Å². The van der Waals surface area contributed by atoms with Crippen molar-refractivity contribution in [2.45, 2.75) is 12.5 Å². The first-order chi connectivity index (χ1) is 14.7. The largest absolute Gasteiger partial charge is 0.368 e. The number of halogens is 1. The Kier molecular flexibility index (Phi) is 6.38. The summed E-state index contributed by atoms with van der Waals surface area (Å²) in [6.07, 6.45) is 6.30. The molecule has 2 heterocycles. The van der Waals surface area contributed by atoms with Crippen LogP contribution >= 0.6 is 11.6 Å². The van der Waals surface area contributed by atoms with Crippen molar-refractivity contribution in [3.05, 3.63) is 102 Å². The van der Waals surface area contributed by atoms with Crippen molar-refractivity contribution < 1.29 is 0 Å². The Labute approximate surface area is 181 Å². The molecule has 0 radical (unpaired) electrons. The maximum Gasteiger partial charge on any atom is 0.126 e. The Morgan fingerprint density at radius 2 is 1.57 bits per heavy atom. The summed E-state index contributed by atoms with van der Waals surface area (Å²) in [5.74, 6) is 0.794. The Morgan fingerprint density at radius 1 is 0.867 bits per heavy atom. The molecule has 3 N–H and O–H groups in total. The van der Waals surface area contributed by atoms with Crippen molar-refractivity contribution >= 4 is 17.4 Å². The molecule has 0 aliphatic carbocycles. The molecule has 1 atom stereocenters. The summed E-state index contributed by atoms with van der Waals surface area (Å²) in [6.45, 7) is 0.637. The molecule has 0 amide bonds. The predicted molar refractivity (Wildman–Crippen MR) is 125 cm³/mol. The molecule has 4 aromatic rings. The Balaban J connectivity index is 1.57. The number of nitrogens with two attached hydrogens (primary N) is 1. The number of nitrogens with one attached hydrogen (secondary N) is 1. The number of benzene rings is 2. The van der Waals surface area contributed by atoms with Crippen molar-refractivity contribution in [2.75, 3.05) is 11.9 Å². The van der Waals surface area contributed by atoms with Gasteiger partial charge in [-0.15, -0.1) is 0 Å². The van der Waals surface area contributed by atoms with E-state index in [9.17, 15) is 0 Å². The van der Waals surface area contributed by atoms with Crippen LogP contribution in [0.15, 0.2) is 91.4 Å². The standard InChI is InChI=1S/C25H23ClN4/c26-21-8-6-19(7-9-21)24-17-30-25(15-23(24)20-10-12-28-13-11-20)29-16-22(27)14-18-4-2-1-3-5-18/h1-13,15,17,22H,14,16,27H2,(H,29,30)/t22-/m1/s1. The van der Waals surface area contributed by atoms with Crippen LogP contribution in [-0.4, -0.2) is 22.6 Å². The zero-order valence-corrected chi connectivity index (χ0v) is 17.3. The fourth-order valence-corrected chi connectivity index (χ4v) is 3.53. The van der Waals surface area contributed by atoms with Gasteiger partial charge in [0.2, 0.25) is 0 Å². The third kappa shape index (κ3) is 5.03. The van der Waals surface area contributed by atoms with Crippen LogP contribution in [0.3, 0.4) is 0 Å². The molecule has 0 aliphatic heterocycles. The van der Waals surface area contributed by atoms with Crippen molar-refractivity contribution in [2.24, 2.45) is 5.73 Å². The van der Waals surface area contributed by atoms with Gasteiger partial charge in [0.1, 0.15) is 5.82 Å². The second kappa shape index (κ2) is 9.53. The molecule has 0 saturated carbocycles. The molecule has 2 aromatic heterocycles. The van der Waals surface area contributed by atoms with Crippen LogP contribution in [-0.2, 0) is 6.42 Å². The summed E-state index contributed by atoms with van der Waals surface area (Å²) in [5, 5.41) is 4.10. The van der Waals surface area contributed by atoms with E-state index in [4.69, 9.17) is 17.3 Å². The minimum atomic E-state index is -0.00508. The average molecular weight is 415 g/mol. The molecule has 5 heteroatoms.